The van der Waals surface area contributed by atoms with Gasteiger partial charge in [-0.05, 0) is 24.8 Å². The van der Waals surface area contributed by atoms with Crippen LogP contribution in [0, 0.1) is 5.92 Å². The van der Waals surface area contributed by atoms with E-state index in [4.69, 9.17) is 21.3 Å². The van der Waals surface area contributed by atoms with Crippen molar-refractivity contribution < 1.29 is 27.8 Å². The van der Waals surface area contributed by atoms with E-state index in [1.807, 2.05) is 0 Å². The van der Waals surface area contributed by atoms with E-state index in [-0.39, 0.29) is 18.2 Å². The number of hydrogen-bond donors (Lipinski definition) is 3. The van der Waals surface area contributed by atoms with E-state index in [1.165, 1.54) is 6.07 Å². The molecular weight excluding hydrogens is 413 g/mol. The molecule has 0 aliphatic heterocycles. The van der Waals surface area contributed by atoms with E-state index in [0.29, 0.717) is 29.7 Å². The molecule has 1 unspecified atom stereocenters. The first kappa shape index (κ1) is 22.8. The smallest absolute Gasteiger partial charge is 0.425 e. The van der Waals surface area contributed by atoms with E-state index in [0.717, 1.165) is 19.3 Å². The van der Waals surface area contributed by atoms with Crippen molar-refractivity contribution in [3.63, 3.8) is 0 Å². The van der Waals surface area contributed by atoms with Crippen LogP contribution in [0.25, 0.3) is 11.3 Å². The summed E-state index contributed by atoms with van der Waals surface area (Å²) in [4.78, 5) is 18.8. The number of benzene rings is 1. The molecule has 0 saturated heterocycles. The fourth-order valence-electron chi connectivity index (χ4n) is 3.80. The molecule has 2 aromatic rings. The van der Waals surface area contributed by atoms with E-state index < -0.39 is 30.2 Å². The van der Waals surface area contributed by atoms with E-state index in [9.17, 15) is 18.0 Å². The number of nitrogen functional groups attached to an aromatic ring is 1. The Kier molecular flexibility index (Phi) is 6.99. The van der Waals surface area contributed by atoms with Crippen LogP contribution < -0.4 is 16.2 Å². The summed E-state index contributed by atoms with van der Waals surface area (Å²) in [5, 5.41) is 8.91. The van der Waals surface area contributed by atoms with Crippen LogP contribution >= 0.6 is 0 Å². The molecule has 168 valence electrons. The van der Waals surface area contributed by atoms with Crippen molar-refractivity contribution in [1.82, 2.24) is 9.97 Å². The Labute approximate surface area is 177 Å². The van der Waals surface area contributed by atoms with Gasteiger partial charge in [0.1, 0.15) is 6.04 Å². The average Bonchev–Trinajstić information content (AvgIpc) is 2.72. The summed E-state index contributed by atoms with van der Waals surface area (Å²) >= 11 is 0. The number of nitrogens with two attached hydrogens (primary N) is 2. The molecule has 3 rings (SSSR count). The number of ether oxygens (including phenoxy) is 1. The first-order valence-electron chi connectivity index (χ1n) is 10.1. The van der Waals surface area contributed by atoms with Crippen LogP contribution in [-0.2, 0) is 11.2 Å². The number of aliphatic carboxylic acids is 1. The normalized spacial score (nSPS) is 17.2. The first-order chi connectivity index (χ1) is 14.6. The van der Waals surface area contributed by atoms with Gasteiger partial charge < -0.3 is 21.3 Å². The van der Waals surface area contributed by atoms with Gasteiger partial charge >= 0.3 is 12.1 Å². The minimum absolute atomic E-state index is 0.143. The second-order valence-corrected chi connectivity index (χ2v) is 7.77. The van der Waals surface area contributed by atoms with Crippen LogP contribution in [-0.4, -0.2) is 39.4 Å². The molecule has 10 heteroatoms. The van der Waals surface area contributed by atoms with Crippen LogP contribution in [0.5, 0.6) is 5.88 Å². The fourth-order valence-corrected chi connectivity index (χ4v) is 3.80. The molecule has 1 saturated carbocycles. The largest absolute Gasteiger partial charge is 0.480 e. The molecule has 1 aliphatic carbocycles. The molecule has 31 heavy (non-hydrogen) atoms. The van der Waals surface area contributed by atoms with E-state index in [2.05, 4.69) is 9.97 Å². The number of rotatable bonds is 7. The Morgan fingerprint density at radius 1 is 1.16 bits per heavy atom. The van der Waals surface area contributed by atoms with Gasteiger partial charge in [0, 0.05) is 17.5 Å². The average molecular weight is 438 g/mol. The SMILES string of the molecule is Nc1nc(OC(C2CCCCC2)C(F)(F)F)cc(-c2ccc(C[C@H](N)C(=O)O)cc2)n1. The van der Waals surface area contributed by atoms with Gasteiger partial charge in [0.15, 0.2) is 6.10 Å². The number of halogens is 3. The Morgan fingerprint density at radius 2 is 1.81 bits per heavy atom. The minimum atomic E-state index is -4.52. The highest BCUT2D eigenvalue weighted by Gasteiger charge is 2.47. The fraction of sp³-hybridized carbons (Fsp3) is 0.476. The van der Waals surface area contributed by atoms with Crippen molar-refractivity contribution in [1.29, 1.82) is 0 Å². The first-order valence-corrected chi connectivity index (χ1v) is 10.1. The number of carboxylic acid groups (broad SMARTS) is 1. The van der Waals surface area contributed by atoms with Crippen LogP contribution in [0.4, 0.5) is 19.1 Å². The summed E-state index contributed by atoms with van der Waals surface area (Å²) in [5.41, 5.74) is 12.8. The zero-order valence-corrected chi connectivity index (χ0v) is 16.8. The third-order valence-electron chi connectivity index (χ3n) is 5.39. The number of carboxylic acids is 1. The highest BCUT2D eigenvalue weighted by Crippen LogP contribution is 2.37. The zero-order chi connectivity index (χ0) is 22.6. The van der Waals surface area contributed by atoms with Crippen LogP contribution in [0.1, 0.15) is 37.7 Å². The van der Waals surface area contributed by atoms with Gasteiger partial charge in [0.2, 0.25) is 11.8 Å². The molecule has 2 atom stereocenters. The summed E-state index contributed by atoms with van der Waals surface area (Å²) < 4.78 is 46.3. The van der Waals surface area contributed by atoms with Crippen LogP contribution in [0.2, 0.25) is 0 Å². The van der Waals surface area contributed by atoms with Crippen molar-refractivity contribution in [2.45, 2.75) is 56.8 Å². The lowest BCUT2D eigenvalue weighted by Crippen LogP contribution is -2.42. The van der Waals surface area contributed by atoms with Gasteiger partial charge in [0.25, 0.3) is 0 Å². The van der Waals surface area contributed by atoms with Crippen molar-refractivity contribution >= 4 is 11.9 Å². The van der Waals surface area contributed by atoms with Gasteiger partial charge in [-0.15, -0.1) is 0 Å². The number of nitrogens with zero attached hydrogens (tertiary/aromatic N) is 2. The maximum Gasteiger partial charge on any atom is 0.425 e. The lowest BCUT2D eigenvalue weighted by atomic mass is 9.85. The monoisotopic (exact) mass is 438 g/mol. The number of hydrogen-bond acceptors (Lipinski definition) is 6. The second kappa shape index (κ2) is 9.51. The van der Waals surface area contributed by atoms with Crippen molar-refractivity contribution in [3.8, 4) is 17.1 Å². The van der Waals surface area contributed by atoms with Gasteiger partial charge in [-0.2, -0.15) is 18.2 Å². The van der Waals surface area contributed by atoms with Crippen LogP contribution in [0.15, 0.2) is 30.3 Å². The molecule has 1 heterocycles. The summed E-state index contributed by atoms with van der Waals surface area (Å²) in [6, 6.07) is 6.99. The van der Waals surface area contributed by atoms with Gasteiger partial charge in [-0.25, -0.2) is 4.98 Å². The summed E-state index contributed by atoms with van der Waals surface area (Å²) in [7, 11) is 0. The number of carbonyl (C=O) groups is 1. The van der Waals surface area contributed by atoms with Gasteiger partial charge in [-0.3, -0.25) is 4.79 Å². The molecule has 1 aromatic heterocycles. The third kappa shape index (κ3) is 6.06. The Bertz CT molecular complexity index is 900. The number of anilines is 1. The van der Waals surface area contributed by atoms with Crippen molar-refractivity contribution in [2.24, 2.45) is 11.7 Å². The van der Waals surface area contributed by atoms with E-state index in [1.54, 1.807) is 24.3 Å². The highest BCUT2D eigenvalue weighted by atomic mass is 19.4. The Morgan fingerprint density at radius 3 is 2.39 bits per heavy atom. The standard InChI is InChI=1S/C21H25F3N4O3/c22-21(23,24)18(14-4-2-1-3-5-14)31-17-11-16(27-20(26)28-17)13-8-6-12(7-9-13)10-15(25)19(29)30/h6-9,11,14-15,18H,1-5,10,25H2,(H,29,30)(H2,26,27,28)/t15-,18?/m0/s1. The molecule has 0 radical (unpaired) electrons. The zero-order valence-electron chi connectivity index (χ0n) is 16.8. The minimum Gasteiger partial charge on any atom is -0.480 e. The molecule has 1 aromatic carbocycles. The molecule has 0 spiro atoms. The topological polar surface area (TPSA) is 124 Å². The number of aromatic nitrogens is 2. The van der Waals surface area contributed by atoms with Gasteiger partial charge in [-0.1, -0.05) is 43.5 Å². The maximum atomic E-state index is 13.7. The van der Waals surface area contributed by atoms with Crippen molar-refractivity contribution in [2.75, 3.05) is 5.73 Å². The molecule has 7 nitrogen and oxygen atoms in total. The van der Waals surface area contributed by atoms with Gasteiger partial charge in [0.05, 0.1) is 5.69 Å². The Balaban J connectivity index is 1.81. The summed E-state index contributed by atoms with van der Waals surface area (Å²) in [6.07, 6.45) is -2.99. The highest BCUT2D eigenvalue weighted by molar-refractivity contribution is 5.73. The summed E-state index contributed by atoms with van der Waals surface area (Å²) in [5.74, 6) is -2.15. The predicted octanol–water partition coefficient (Wildman–Crippen LogP) is 3.57. The predicted molar refractivity (Wildman–Crippen MR) is 108 cm³/mol. The quantitative estimate of drug-likeness (QED) is 0.604. The third-order valence-corrected chi connectivity index (χ3v) is 5.39. The second-order valence-electron chi connectivity index (χ2n) is 7.77. The molecule has 0 bridgehead atoms. The molecule has 0 amide bonds. The van der Waals surface area contributed by atoms with Crippen LogP contribution in [0.3, 0.4) is 0 Å². The lowest BCUT2D eigenvalue weighted by molar-refractivity contribution is -0.213. The maximum absolute atomic E-state index is 13.7. The lowest BCUT2D eigenvalue weighted by Gasteiger charge is -2.31. The molecule has 1 aliphatic rings. The number of alkyl halides is 3. The molecule has 1 fully saturated rings. The van der Waals surface area contributed by atoms with Crippen molar-refractivity contribution in [3.05, 3.63) is 35.9 Å². The molecule has 5 N–H and O–H groups in total. The van der Waals surface area contributed by atoms with E-state index >= 15 is 0 Å². The summed E-state index contributed by atoms with van der Waals surface area (Å²) in [6.45, 7) is 0. The Hall–Kier alpha value is -2.88. The molecular formula is C21H25F3N4O3.